The number of nitrogens with zero attached hydrogens (tertiary/aromatic N) is 1. The van der Waals surface area contributed by atoms with Gasteiger partial charge in [-0.3, -0.25) is 14.5 Å². The average Bonchev–Trinajstić information content (AvgIpc) is 2.81. The quantitative estimate of drug-likeness (QED) is 0.853. The number of imide groups is 1. The van der Waals surface area contributed by atoms with Crippen LogP contribution in [0.2, 0.25) is 0 Å². The first-order chi connectivity index (χ1) is 10.8. The molecule has 1 aromatic carbocycles. The number of piperidine rings is 1. The fourth-order valence-corrected chi connectivity index (χ4v) is 4.53. The molecular formula is C18H22N2O2. The average molecular weight is 298 g/mol. The summed E-state index contributed by atoms with van der Waals surface area (Å²) in [6, 6.07) is 7.43. The number of hydrogen-bond donors (Lipinski definition) is 1. The molecule has 2 heterocycles. The molecule has 1 aromatic rings. The molecule has 2 aliphatic heterocycles. The smallest absolute Gasteiger partial charge is 0.261 e. The van der Waals surface area contributed by atoms with Gasteiger partial charge in [0.25, 0.3) is 11.8 Å². The van der Waals surface area contributed by atoms with E-state index in [9.17, 15) is 9.59 Å². The third-order valence-electron chi connectivity index (χ3n) is 5.66. The van der Waals surface area contributed by atoms with Crippen LogP contribution in [0.1, 0.15) is 52.8 Å². The van der Waals surface area contributed by atoms with Gasteiger partial charge in [0.1, 0.15) is 0 Å². The van der Waals surface area contributed by atoms with Crippen molar-refractivity contribution < 1.29 is 9.59 Å². The lowest BCUT2D eigenvalue weighted by molar-refractivity contribution is 0.0564. The fraction of sp³-hybridized carbons (Fsp3) is 0.556. The SMILES string of the molecule is O=C1c2ccccc2C(=O)N1CC1NCCC2CCCCC21. The normalized spacial score (nSPS) is 31.1. The van der Waals surface area contributed by atoms with E-state index in [0.717, 1.165) is 12.5 Å². The molecule has 1 saturated carbocycles. The molecule has 1 N–H and O–H groups in total. The zero-order valence-corrected chi connectivity index (χ0v) is 12.8. The molecule has 0 bridgehead atoms. The molecule has 22 heavy (non-hydrogen) atoms. The summed E-state index contributed by atoms with van der Waals surface area (Å²) in [4.78, 5) is 26.5. The first-order valence-corrected chi connectivity index (χ1v) is 8.44. The Bertz CT molecular complexity index is 576. The molecule has 1 saturated heterocycles. The maximum Gasteiger partial charge on any atom is 0.261 e. The van der Waals surface area contributed by atoms with Gasteiger partial charge in [-0.05, 0) is 43.4 Å². The Balaban J connectivity index is 1.54. The van der Waals surface area contributed by atoms with Crippen molar-refractivity contribution in [3.05, 3.63) is 35.4 Å². The van der Waals surface area contributed by atoms with Gasteiger partial charge in [0, 0.05) is 12.6 Å². The highest BCUT2D eigenvalue weighted by Crippen LogP contribution is 2.37. The fourth-order valence-electron chi connectivity index (χ4n) is 4.53. The van der Waals surface area contributed by atoms with Gasteiger partial charge in [0.05, 0.1) is 11.1 Å². The van der Waals surface area contributed by atoms with Crippen LogP contribution in [0.3, 0.4) is 0 Å². The molecule has 4 rings (SSSR count). The van der Waals surface area contributed by atoms with E-state index in [0.29, 0.717) is 23.6 Å². The molecule has 116 valence electrons. The van der Waals surface area contributed by atoms with Crippen LogP contribution in [-0.4, -0.2) is 35.8 Å². The third-order valence-corrected chi connectivity index (χ3v) is 5.66. The molecule has 2 fully saturated rings. The van der Waals surface area contributed by atoms with Crippen LogP contribution in [-0.2, 0) is 0 Å². The van der Waals surface area contributed by atoms with Gasteiger partial charge in [0.2, 0.25) is 0 Å². The number of amides is 2. The summed E-state index contributed by atoms with van der Waals surface area (Å²) in [5.41, 5.74) is 1.12. The van der Waals surface area contributed by atoms with Crippen LogP contribution in [0, 0.1) is 11.8 Å². The predicted molar refractivity (Wildman–Crippen MR) is 83.7 cm³/mol. The highest BCUT2D eigenvalue weighted by Gasteiger charge is 2.41. The van der Waals surface area contributed by atoms with Crippen LogP contribution in [0.25, 0.3) is 0 Å². The van der Waals surface area contributed by atoms with Gasteiger partial charge in [0.15, 0.2) is 0 Å². The number of hydrogen-bond acceptors (Lipinski definition) is 3. The van der Waals surface area contributed by atoms with Crippen LogP contribution in [0.4, 0.5) is 0 Å². The highest BCUT2D eigenvalue weighted by molar-refractivity contribution is 6.21. The minimum Gasteiger partial charge on any atom is -0.312 e. The second kappa shape index (κ2) is 5.51. The molecule has 0 spiro atoms. The summed E-state index contributed by atoms with van der Waals surface area (Å²) in [5, 5.41) is 3.57. The van der Waals surface area contributed by atoms with E-state index in [2.05, 4.69) is 5.32 Å². The van der Waals surface area contributed by atoms with Crippen molar-refractivity contribution in [3.63, 3.8) is 0 Å². The Morgan fingerprint density at radius 2 is 1.68 bits per heavy atom. The summed E-state index contributed by atoms with van der Waals surface area (Å²) < 4.78 is 0. The Labute approximate surface area is 130 Å². The second-order valence-electron chi connectivity index (χ2n) is 6.82. The van der Waals surface area contributed by atoms with Crippen LogP contribution >= 0.6 is 0 Å². The molecular weight excluding hydrogens is 276 g/mol. The van der Waals surface area contributed by atoms with Crippen molar-refractivity contribution in [2.75, 3.05) is 13.1 Å². The monoisotopic (exact) mass is 298 g/mol. The lowest BCUT2D eigenvalue weighted by Gasteiger charge is -2.43. The second-order valence-corrected chi connectivity index (χ2v) is 6.82. The predicted octanol–water partition coefficient (Wildman–Crippen LogP) is 2.45. The molecule has 1 aliphatic carbocycles. The lowest BCUT2D eigenvalue weighted by atomic mass is 9.71. The van der Waals surface area contributed by atoms with Gasteiger partial charge in [-0.25, -0.2) is 0 Å². The number of rotatable bonds is 2. The highest BCUT2D eigenvalue weighted by atomic mass is 16.2. The summed E-state index contributed by atoms with van der Waals surface area (Å²) >= 11 is 0. The molecule has 0 radical (unpaired) electrons. The Kier molecular flexibility index (Phi) is 3.49. The van der Waals surface area contributed by atoms with E-state index in [1.807, 2.05) is 12.1 Å². The van der Waals surface area contributed by atoms with E-state index < -0.39 is 0 Å². The van der Waals surface area contributed by atoms with Crippen LogP contribution < -0.4 is 5.32 Å². The summed E-state index contributed by atoms with van der Waals surface area (Å²) in [5.74, 6) is 1.14. The van der Waals surface area contributed by atoms with Crippen molar-refractivity contribution in [1.82, 2.24) is 10.2 Å². The molecule has 4 heteroatoms. The molecule has 3 atom stereocenters. The van der Waals surface area contributed by atoms with Crippen molar-refractivity contribution in [3.8, 4) is 0 Å². The van der Waals surface area contributed by atoms with Crippen molar-refractivity contribution in [2.45, 2.75) is 38.1 Å². The maximum absolute atomic E-state index is 12.5. The van der Waals surface area contributed by atoms with Crippen LogP contribution in [0.5, 0.6) is 0 Å². The number of carbonyl (C=O) groups excluding carboxylic acids is 2. The minimum absolute atomic E-state index is 0.125. The van der Waals surface area contributed by atoms with Gasteiger partial charge in [-0.15, -0.1) is 0 Å². The Morgan fingerprint density at radius 1 is 1.00 bits per heavy atom. The first kappa shape index (κ1) is 13.9. The van der Waals surface area contributed by atoms with Crippen molar-refractivity contribution in [2.24, 2.45) is 11.8 Å². The molecule has 4 nitrogen and oxygen atoms in total. The van der Waals surface area contributed by atoms with E-state index in [1.54, 1.807) is 12.1 Å². The number of nitrogens with one attached hydrogen (secondary N) is 1. The van der Waals surface area contributed by atoms with Crippen molar-refractivity contribution in [1.29, 1.82) is 0 Å². The van der Waals surface area contributed by atoms with E-state index in [-0.39, 0.29) is 17.9 Å². The van der Waals surface area contributed by atoms with Crippen LogP contribution in [0.15, 0.2) is 24.3 Å². The largest absolute Gasteiger partial charge is 0.312 e. The third kappa shape index (κ3) is 2.17. The number of carbonyl (C=O) groups is 2. The summed E-state index contributed by atoms with van der Waals surface area (Å²) in [6.45, 7) is 1.53. The first-order valence-electron chi connectivity index (χ1n) is 8.44. The van der Waals surface area contributed by atoms with E-state index in [1.165, 1.54) is 37.0 Å². The molecule has 3 aliphatic rings. The molecule has 0 aromatic heterocycles. The standard InChI is InChI=1S/C18H22N2O2/c21-17-14-7-3-4-8-15(14)18(22)20(17)11-16-13-6-2-1-5-12(13)9-10-19-16/h3-4,7-8,12-13,16,19H,1-2,5-6,9-11H2. The van der Waals surface area contributed by atoms with Gasteiger partial charge < -0.3 is 5.32 Å². The topological polar surface area (TPSA) is 49.4 Å². The molecule has 3 unspecified atom stereocenters. The maximum atomic E-state index is 12.5. The van der Waals surface area contributed by atoms with Gasteiger partial charge in [-0.1, -0.05) is 31.4 Å². The zero-order chi connectivity index (χ0) is 15.1. The molecule has 2 amide bonds. The van der Waals surface area contributed by atoms with E-state index >= 15 is 0 Å². The number of benzene rings is 1. The minimum atomic E-state index is -0.125. The van der Waals surface area contributed by atoms with Gasteiger partial charge in [-0.2, -0.15) is 0 Å². The zero-order valence-electron chi connectivity index (χ0n) is 12.8. The van der Waals surface area contributed by atoms with Gasteiger partial charge >= 0.3 is 0 Å². The Hall–Kier alpha value is -1.68. The lowest BCUT2D eigenvalue weighted by Crippen LogP contribution is -2.53. The van der Waals surface area contributed by atoms with Crippen molar-refractivity contribution >= 4 is 11.8 Å². The summed E-state index contributed by atoms with van der Waals surface area (Å²) in [6.07, 6.45) is 6.39. The Morgan fingerprint density at radius 3 is 2.41 bits per heavy atom. The summed E-state index contributed by atoms with van der Waals surface area (Å²) in [7, 11) is 0. The number of fused-ring (bicyclic) bond motifs is 2. The van der Waals surface area contributed by atoms with E-state index in [4.69, 9.17) is 0 Å².